The van der Waals surface area contributed by atoms with Crippen molar-refractivity contribution in [3.63, 3.8) is 0 Å². The first-order chi connectivity index (χ1) is 49.0. The molecule has 4 bridgehead atoms. The number of primary amides is 1. The van der Waals surface area contributed by atoms with Crippen LogP contribution in [0.1, 0.15) is 150 Å². The number of thiazole rings is 1. The van der Waals surface area contributed by atoms with E-state index in [1.54, 1.807) is 47.5 Å². The number of anilines is 2. The van der Waals surface area contributed by atoms with Crippen LogP contribution in [0, 0.1) is 35.0 Å². The Balaban J connectivity index is 0.703. The number of fused-ring (bicyclic) bond motifs is 2. The second-order valence-corrected chi connectivity index (χ2v) is 32.4. The number of nitrogens with two attached hydrogens (primary N) is 1. The first-order valence-corrected chi connectivity index (χ1v) is 37.7. The molecular weight excluding hydrogens is 1360 g/mol. The molecule has 0 radical (unpaired) electrons. The fraction of sp³-hybridized carbons (Fsp3) is 0.493. The van der Waals surface area contributed by atoms with E-state index in [1.807, 2.05) is 67.9 Å². The van der Waals surface area contributed by atoms with Crippen molar-refractivity contribution in [1.29, 1.82) is 0 Å². The van der Waals surface area contributed by atoms with E-state index >= 15 is 0 Å². The number of benzene rings is 3. The van der Waals surface area contributed by atoms with Gasteiger partial charge in [-0.15, -0.1) is 0 Å². The van der Waals surface area contributed by atoms with Crippen LogP contribution in [0.2, 0.25) is 0 Å². The fourth-order valence-corrected chi connectivity index (χ4v) is 18.4. The van der Waals surface area contributed by atoms with Gasteiger partial charge in [0.1, 0.15) is 12.4 Å². The summed E-state index contributed by atoms with van der Waals surface area (Å²) in [5, 5.41) is 24.5. The van der Waals surface area contributed by atoms with Crippen molar-refractivity contribution < 1.29 is 70.7 Å². The number of pyridine rings is 1. The average Bonchev–Trinajstić information content (AvgIpc) is 0.978. The molecule has 3 aromatic carbocycles. The summed E-state index contributed by atoms with van der Waals surface area (Å²) in [5.74, 6) is -4.58. The number of aromatic carboxylic acids is 1. The van der Waals surface area contributed by atoms with Gasteiger partial charge in [-0.25, -0.2) is 29.1 Å². The molecule has 4 saturated carbocycles. The third-order valence-corrected chi connectivity index (χ3v) is 22.4. The minimum atomic E-state index is -4.50. The SMILES string of the molecule is Cc1c(-c2ccc(-c3ccc4c(c3)N(C(=O)Nc3nc5ccccc5s3)CCC4)nc2C(=O)O)cnn1CC12CC3(C)CC(C)(C1)CC(OCCN(CCS(=O)(=O)O)C(=O)OCc1ccc(CC(=O)[C@H](CCCNC(N)=O)NC(=O)[C@@H](CC(=O)CCCCCN4C(=O)C=CC4=O)C(C)C)cc1)(C3)C2. The quantitative estimate of drug-likeness (QED) is 0.0127. The van der Waals surface area contributed by atoms with E-state index in [9.17, 15) is 61.2 Å². The molecule has 6 aliphatic rings. The van der Waals surface area contributed by atoms with Gasteiger partial charge in [-0.05, 0) is 153 Å². The predicted octanol–water partition coefficient (Wildman–Crippen LogP) is 10.6. The van der Waals surface area contributed by atoms with E-state index in [0.717, 1.165) is 77.0 Å². The molecule has 4 fully saturated rings. The number of carbonyl (C=O) groups excluding carboxylic acids is 8. The number of carbonyl (C=O) groups is 9. The van der Waals surface area contributed by atoms with Crippen molar-refractivity contribution in [3.8, 4) is 22.4 Å². The molecule has 28 heteroatoms. The number of aryl methyl sites for hydroxylation is 1. The van der Waals surface area contributed by atoms with Crippen LogP contribution in [0.25, 0.3) is 32.6 Å². The molecule has 5 heterocycles. The van der Waals surface area contributed by atoms with E-state index in [0.29, 0.717) is 83.8 Å². The summed E-state index contributed by atoms with van der Waals surface area (Å²) in [6.45, 7) is 11.0. The maximum atomic E-state index is 14.0. The van der Waals surface area contributed by atoms with Gasteiger partial charge in [-0.3, -0.25) is 48.3 Å². The van der Waals surface area contributed by atoms with E-state index < -0.39 is 57.4 Å². The summed E-state index contributed by atoms with van der Waals surface area (Å²) in [7, 11) is -4.50. The van der Waals surface area contributed by atoms with Gasteiger partial charge in [0.05, 0.1) is 46.1 Å². The van der Waals surface area contributed by atoms with Crippen LogP contribution in [0.3, 0.4) is 0 Å². The molecule has 548 valence electrons. The van der Waals surface area contributed by atoms with Crippen molar-refractivity contribution in [1.82, 2.24) is 40.2 Å². The normalized spacial score (nSPS) is 21.0. The highest BCUT2D eigenvalue weighted by atomic mass is 32.2. The summed E-state index contributed by atoms with van der Waals surface area (Å²) in [6, 6.07) is 21.7. The summed E-state index contributed by atoms with van der Waals surface area (Å²) in [5.41, 5.74) is 10.6. The third kappa shape index (κ3) is 18.4. The van der Waals surface area contributed by atoms with Gasteiger partial charge in [0, 0.05) is 105 Å². The minimum absolute atomic E-state index is 0.0373. The Bertz CT molecular complexity index is 4330. The Morgan fingerprint density at radius 3 is 2.26 bits per heavy atom. The van der Waals surface area contributed by atoms with Crippen LogP contribution in [0.4, 0.5) is 25.2 Å². The molecule has 8 amide bonds. The lowest BCUT2D eigenvalue weighted by Gasteiger charge is -2.69. The number of carboxylic acid groups (broad SMARTS) is 1. The van der Waals surface area contributed by atoms with Gasteiger partial charge in [0.25, 0.3) is 21.9 Å². The molecule has 2 unspecified atom stereocenters. The molecule has 3 aromatic heterocycles. The Labute approximate surface area is 602 Å². The Morgan fingerprint density at radius 1 is 0.835 bits per heavy atom. The van der Waals surface area contributed by atoms with Gasteiger partial charge in [-0.2, -0.15) is 13.5 Å². The van der Waals surface area contributed by atoms with Gasteiger partial charge in [0.15, 0.2) is 16.6 Å². The number of ketones is 2. The number of urea groups is 2. The molecule has 103 heavy (non-hydrogen) atoms. The van der Waals surface area contributed by atoms with E-state index in [1.165, 1.54) is 28.4 Å². The lowest BCUT2D eigenvalue weighted by Crippen LogP contribution is -2.64. The molecule has 0 saturated heterocycles. The highest BCUT2D eigenvalue weighted by Gasteiger charge is 2.66. The smallest absolute Gasteiger partial charge is 0.410 e. The standard InChI is InChI=1S/C75H91N11O15S2/c1-47(2)55(37-53(87)14-7-6-10-29-85-63(89)26-27-64(85)90)66(91)80-58(16-11-28-77-68(76)94)61(88)35-49-18-20-50(21-19-49)39-100-71(96)83(32-34-103(97,98)99)31-33-101-75-43-72(4)40-73(5,44-75)42-74(41-72,45-75)46-86-48(3)56(38-78-86)54-24-25-57(79-65(54)67(92)93)52-23-22-51-13-12-30-84(60(51)36-52)70(95)82-69-81-59-15-8-9-17-62(59)102-69/h8-9,15,17-27,36,38,47,55,58H,6-7,10-14,16,28-35,37,39-46H2,1-5H3,(H,80,91)(H,92,93)(H3,76,77,94)(H,81,82,95)(H,97,98,99)/t55-,58-,72?,73?,74?,75?/m0/s1. The molecular formula is C75H91N11O15S2. The van der Waals surface area contributed by atoms with Crippen molar-refractivity contribution in [3.05, 3.63) is 125 Å². The number of hydrogen-bond donors (Lipinski definition) is 6. The summed E-state index contributed by atoms with van der Waals surface area (Å²) >= 11 is 1.40. The molecule has 7 N–H and O–H groups in total. The van der Waals surface area contributed by atoms with Crippen LogP contribution < -0.4 is 26.6 Å². The van der Waals surface area contributed by atoms with Crippen LogP contribution in [-0.2, 0) is 69.6 Å². The Hall–Kier alpha value is -9.25. The van der Waals surface area contributed by atoms with Crippen molar-refractivity contribution in [2.75, 3.05) is 55.3 Å². The van der Waals surface area contributed by atoms with E-state index in [-0.39, 0.29) is 122 Å². The molecule has 6 aromatic rings. The lowest BCUT2D eigenvalue weighted by atomic mass is 9.39. The number of para-hydroxylation sites is 1. The van der Waals surface area contributed by atoms with Gasteiger partial charge in [0.2, 0.25) is 5.91 Å². The number of amides is 8. The lowest BCUT2D eigenvalue weighted by molar-refractivity contribution is -0.248. The van der Waals surface area contributed by atoms with E-state index in [4.69, 9.17) is 25.3 Å². The summed E-state index contributed by atoms with van der Waals surface area (Å²) in [6.07, 6.45) is 12.0. The number of nitrogens with zero attached hydrogens (tertiary/aromatic N) is 7. The highest BCUT2D eigenvalue weighted by Crippen LogP contribution is 2.72. The fourth-order valence-electron chi connectivity index (χ4n) is 17.1. The van der Waals surface area contributed by atoms with Crippen LogP contribution in [0.15, 0.2) is 97.2 Å². The number of unbranched alkanes of at least 4 members (excludes halogenated alkanes) is 2. The second-order valence-electron chi connectivity index (χ2n) is 29.8. The number of ether oxygens (including phenoxy) is 2. The zero-order valence-corrected chi connectivity index (χ0v) is 60.5. The first-order valence-electron chi connectivity index (χ1n) is 35.3. The van der Waals surface area contributed by atoms with E-state index in [2.05, 4.69) is 34.8 Å². The molecule has 0 spiro atoms. The maximum absolute atomic E-state index is 14.0. The average molecular weight is 1450 g/mol. The number of Topliss-reactive ketones (excluding diaryl/α,β-unsaturated/α-hetero) is 2. The van der Waals surface area contributed by atoms with Crippen LogP contribution in [0.5, 0.6) is 0 Å². The first kappa shape index (κ1) is 74.9. The van der Waals surface area contributed by atoms with Gasteiger partial charge >= 0.3 is 24.1 Å². The highest BCUT2D eigenvalue weighted by molar-refractivity contribution is 7.85. The second kappa shape index (κ2) is 31.4. The topological polar surface area (TPSA) is 362 Å². The molecule has 26 nitrogen and oxygen atoms in total. The van der Waals surface area contributed by atoms with Gasteiger partial charge < -0.3 is 35.8 Å². The Morgan fingerprint density at radius 2 is 1.56 bits per heavy atom. The zero-order chi connectivity index (χ0) is 73.6. The predicted molar refractivity (Wildman–Crippen MR) is 386 cm³/mol. The molecule has 2 aliphatic heterocycles. The van der Waals surface area contributed by atoms with Crippen molar-refractivity contribution in [2.45, 2.75) is 162 Å². The number of nitrogens with one attached hydrogen (secondary N) is 3. The van der Waals surface area contributed by atoms with Crippen molar-refractivity contribution >= 4 is 95.9 Å². The zero-order valence-electron chi connectivity index (χ0n) is 58.9. The summed E-state index contributed by atoms with van der Waals surface area (Å²) in [4.78, 5) is 131. The largest absolute Gasteiger partial charge is 0.476 e. The molecule has 12 rings (SSSR count). The molecule has 4 aliphatic carbocycles. The number of hydrogen-bond acceptors (Lipinski definition) is 17. The summed E-state index contributed by atoms with van der Waals surface area (Å²) < 4.78 is 49.7. The van der Waals surface area contributed by atoms with Crippen LogP contribution >= 0.6 is 11.3 Å². The number of rotatable bonds is 33. The molecule has 4 atom stereocenters. The minimum Gasteiger partial charge on any atom is -0.476 e. The monoisotopic (exact) mass is 1450 g/mol. The van der Waals surface area contributed by atoms with Crippen LogP contribution in [-0.4, -0.2) is 158 Å². The Kier molecular flexibility index (Phi) is 22.8. The number of carboxylic acids is 1. The van der Waals surface area contributed by atoms with Gasteiger partial charge in [-0.1, -0.05) is 94.0 Å². The van der Waals surface area contributed by atoms with Crippen molar-refractivity contribution in [2.24, 2.45) is 33.8 Å². The number of aromatic nitrogens is 4. The number of imide groups is 1. The third-order valence-electron chi connectivity index (χ3n) is 20.8. The maximum Gasteiger partial charge on any atom is 0.410 e.